The zero-order valence-electron chi connectivity index (χ0n) is 12.9. The van der Waals surface area contributed by atoms with Crippen LogP contribution in [0.5, 0.6) is 0 Å². The summed E-state index contributed by atoms with van der Waals surface area (Å²) in [7, 11) is 0. The lowest BCUT2D eigenvalue weighted by molar-refractivity contribution is 0.0924. The van der Waals surface area contributed by atoms with Gasteiger partial charge in [0, 0.05) is 11.9 Å². The zero-order valence-corrected chi connectivity index (χ0v) is 12.9. The minimum Gasteiger partial charge on any atom is -0.321 e. The quantitative estimate of drug-likeness (QED) is 0.720. The van der Waals surface area contributed by atoms with E-state index in [1.54, 1.807) is 54.6 Å². The van der Waals surface area contributed by atoms with Crippen LogP contribution in [-0.2, 0) is 0 Å². The number of H-pyrrole nitrogens is 1. The lowest BCUT2D eigenvalue weighted by Crippen LogP contribution is -2.29. The molecule has 1 aliphatic rings. The highest BCUT2D eigenvalue weighted by atomic mass is 16.2. The van der Waals surface area contributed by atoms with E-state index < -0.39 is 0 Å². The van der Waals surface area contributed by atoms with Crippen molar-refractivity contribution < 1.29 is 14.4 Å². The predicted octanol–water partition coefficient (Wildman–Crippen LogP) is 2.46. The molecule has 1 aliphatic heterocycles. The van der Waals surface area contributed by atoms with Crippen LogP contribution in [0, 0.1) is 0 Å². The topological polar surface area (TPSA) is 95.2 Å². The number of fused-ring (bicyclic) bond motifs is 1. The molecule has 7 heteroatoms. The number of hydrogen-bond donors (Lipinski definition) is 2. The molecule has 0 radical (unpaired) electrons. The smallest absolute Gasteiger partial charge is 0.273 e. The van der Waals surface area contributed by atoms with E-state index in [0.717, 1.165) is 4.90 Å². The molecule has 2 heterocycles. The molecule has 4 rings (SSSR count). The molecule has 1 aromatic heterocycles. The third-order valence-corrected chi connectivity index (χ3v) is 3.92. The minimum atomic E-state index is -0.352. The molecule has 0 saturated carbocycles. The Morgan fingerprint density at radius 2 is 1.56 bits per heavy atom. The predicted molar refractivity (Wildman–Crippen MR) is 90.6 cm³/mol. The van der Waals surface area contributed by atoms with Gasteiger partial charge in [0.15, 0.2) is 0 Å². The van der Waals surface area contributed by atoms with Crippen molar-refractivity contribution in [3.05, 3.63) is 77.6 Å². The SMILES string of the molecule is O=C(Nc1ccc(N2C(=O)c3ccccc3C2=O)cc1)c1ccn[nH]1. The summed E-state index contributed by atoms with van der Waals surface area (Å²) >= 11 is 0. The van der Waals surface area contributed by atoms with Crippen molar-refractivity contribution in [3.63, 3.8) is 0 Å². The van der Waals surface area contributed by atoms with Gasteiger partial charge in [0.25, 0.3) is 17.7 Å². The lowest BCUT2D eigenvalue weighted by Gasteiger charge is -2.14. The first-order valence-electron chi connectivity index (χ1n) is 7.54. The Labute approximate surface area is 142 Å². The number of nitrogens with one attached hydrogen (secondary N) is 2. The Morgan fingerprint density at radius 3 is 2.12 bits per heavy atom. The summed E-state index contributed by atoms with van der Waals surface area (Å²) in [6.07, 6.45) is 1.49. The summed E-state index contributed by atoms with van der Waals surface area (Å²) < 4.78 is 0. The van der Waals surface area contributed by atoms with Crippen LogP contribution in [0.25, 0.3) is 0 Å². The number of benzene rings is 2. The zero-order chi connectivity index (χ0) is 17.4. The van der Waals surface area contributed by atoms with Crippen molar-refractivity contribution in [2.24, 2.45) is 0 Å². The van der Waals surface area contributed by atoms with Crippen molar-refractivity contribution in [1.29, 1.82) is 0 Å². The Kier molecular flexibility index (Phi) is 3.39. The summed E-state index contributed by atoms with van der Waals surface area (Å²) in [4.78, 5) is 38.0. The first kappa shape index (κ1) is 14.8. The highest BCUT2D eigenvalue weighted by Crippen LogP contribution is 2.29. The Hall–Kier alpha value is -3.74. The van der Waals surface area contributed by atoms with Crippen molar-refractivity contribution in [3.8, 4) is 0 Å². The molecule has 0 unspecified atom stereocenters. The van der Waals surface area contributed by atoms with E-state index in [1.807, 2.05) is 0 Å². The number of hydrogen-bond acceptors (Lipinski definition) is 4. The van der Waals surface area contributed by atoms with Gasteiger partial charge < -0.3 is 5.32 Å². The van der Waals surface area contributed by atoms with Gasteiger partial charge >= 0.3 is 0 Å². The molecular formula is C18H12N4O3. The maximum atomic E-state index is 12.4. The van der Waals surface area contributed by atoms with E-state index in [1.165, 1.54) is 6.20 Å². The third-order valence-electron chi connectivity index (χ3n) is 3.92. The maximum Gasteiger partial charge on any atom is 0.273 e. The van der Waals surface area contributed by atoms with E-state index in [-0.39, 0.29) is 17.7 Å². The van der Waals surface area contributed by atoms with Crippen molar-refractivity contribution in [1.82, 2.24) is 10.2 Å². The van der Waals surface area contributed by atoms with Gasteiger partial charge in [-0.15, -0.1) is 0 Å². The fourth-order valence-corrected chi connectivity index (χ4v) is 2.70. The molecule has 25 heavy (non-hydrogen) atoms. The van der Waals surface area contributed by atoms with Gasteiger partial charge in [0.1, 0.15) is 5.69 Å². The van der Waals surface area contributed by atoms with E-state index in [9.17, 15) is 14.4 Å². The van der Waals surface area contributed by atoms with Gasteiger partial charge in [-0.3, -0.25) is 19.5 Å². The number of anilines is 2. The summed E-state index contributed by atoms with van der Waals surface area (Å²) in [5, 5.41) is 9.00. The van der Waals surface area contributed by atoms with Crippen LogP contribution in [0.3, 0.4) is 0 Å². The van der Waals surface area contributed by atoms with Crippen LogP contribution in [0.1, 0.15) is 31.2 Å². The average molecular weight is 332 g/mol. The first-order valence-corrected chi connectivity index (χ1v) is 7.54. The molecule has 3 amide bonds. The van der Waals surface area contributed by atoms with E-state index in [4.69, 9.17) is 0 Å². The summed E-state index contributed by atoms with van der Waals surface area (Å²) in [6, 6.07) is 14.8. The molecule has 122 valence electrons. The van der Waals surface area contributed by atoms with Crippen LogP contribution < -0.4 is 10.2 Å². The highest BCUT2D eigenvalue weighted by Gasteiger charge is 2.36. The maximum absolute atomic E-state index is 12.4. The number of aromatic amines is 1. The number of imide groups is 1. The normalized spacial score (nSPS) is 13.0. The van der Waals surface area contributed by atoms with Crippen LogP contribution in [0.4, 0.5) is 11.4 Å². The number of carbonyl (C=O) groups excluding carboxylic acids is 3. The molecule has 3 aromatic rings. The molecule has 0 aliphatic carbocycles. The number of aromatic nitrogens is 2. The Balaban J connectivity index is 1.56. The molecule has 0 spiro atoms. The number of carbonyl (C=O) groups is 3. The average Bonchev–Trinajstić information content (AvgIpc) is 3.25. The van der Waals surface area contributed by atoms with Gasteiger partial charge in [-0.1, -0.05) is 12.1 Å². The number of amides is 3. The van der Waals surface area contributed by atoms with Crippen molar-refractivity contribution in [2.75, 3.05) is 10.2 Å². The second kappa shape index (κ2) is 5.72. The van der Waals surface area contributed by atoms with Crippen LogP contribution in [0.15, 0.2) is 60.8 Å². The molecule has 2 N–H and O–H groups in total. The standard InChI is InChI=1S/C18H12N4O3/c23-16(15-9-10-19-21-15)20-11-5-7-12(8-6-11)22-17(24)13-3-1-2-4-14(13)18(22)25/h1-10H,(H,19,21)(H,20,23). The van der Waals surface area contributed by atoms with Gasteiger partial charge in [0.2, 0.25) is 0 Å². The summed E-state index contributed by atoms with van der Waals surface area (Å²) in [5.74, 6) is -1.03. The molecule has 0 bridgehead atoms. The van der Waals surface area contributed by atoms with Crippen molar-refractivity contribution in [2.45, 2.75) is 0 Å². The lowest BCUT2D eigenvalue weighted by atomic mass is 10.1. The summed E-state index contributed by atoms with van der Waals surface area (Å²) in [5.41, 5.74) is 2.11. The van der Waals surface area contributed by atoms with Gasteiger partial charge in [-0.2, -0.15) is 5.10 Å². The molecule has 0 fully saturated rings. The Bertz CT molecular complexity index is 943. The van der Waals surface area contributed by atoms with Gasteiger partial charge in [-0.25, -0.2) is 4.90 Å². The largest absolute Gasteiger partial charge is 0.321 e. The Morgan fingerprint density at radius 1 is 0.920 bits per heavy atom. The molecule has 7 nitrogen and oxygen atoms in total. The molecule has 0 atom stereocenters. The second-order valence-corrected chi connectivity index (χ2v) is 5.46. The summed E-state index contributed by atoms with van der Waals surface area (Å²) in [6.45, 7) is 0. The fraction of sp³-hybridized carbons (Fsp3) is 0. The van der Waals surface area contributed by atoms with E-state index in [2.05, 4.69) is 15.5 Å². The first-order chi connectivity index (χ1) is 12.1. The van der Waals surface area contributed by atoms with Crippen LogP contribution in [-0.4, -0.2) is 27.9 Å². The van der Waals surface area contributed by atoms with Gasteiger partial charge in [-0.05, 0) is 42.5 Å². The highest BCUT2D eigenvalue weighted by molar-refractivity contribution is 6.34. The number of nitrogens with zero attached hydrogens (tertiary/aromatic N) is 2. The van der Waals surface area contributed by atoms with E-state index in [0.29, 0.717) is 28.2 Å². The van der Waals surface area contributed by atoms with Gasteiger partial charge in [0.05, 0.1) is 16.8 Å². The minimum absolute atomic E-state index is 0.328. The van der Waals surface area contributed by atoms with Crippen LogP contribution in [0.2, 0.25) is 0 Å². The number of rotatable bonds is 3. The third kappa shape index (κ3) is 2.47. The fourth-order valence-electron chi connectivity index (χ4n) is 2.70. The molecule has 2 aromatic carbocycles. The monoisotopic (exact) mass is 332 g/mol. The van der Waals surface area contributed by atoms with Crippen molar-refractivity contribution >= 4 is 29.1 Å². The van der Waals surface area contributed by atoms with Crippen LogP contribution >= 0.6 is 0 Å². The second-order valence-electron chi connectivity index (χ2n) is 5.46. The molecule has 0 saturated heterocycles. The molecular weight excluding hydrogens is 320 g/mol. The van der Waals surface area contributed by atoms with E-state index >= 15 is 0 Å².